The minimum atomic E-state index is -4.82. The van der Waals surface area contributed by atoms with Gasteiger partial charge in [-0.2, -0.15) is 13.2 Å². The van der Waals surface area contributed by atoms with Crippen molar-refractivity contribution in [2.24, 2.45) is 5.92 Å². The van der Waals surface area contributed by atoms with Gasteiger partial charge in [0.25, 0.3) is 5.91 Å². The molecular formula is C22H18F4N4O2. The van der Waals surface area contributed by atoms with E-state index >= 15 is 0 Å². The Kier molecular flexibility index (Phi) is 6.61. The maximum Gasteiger partial charge on any atom is 0.417 e. The number of rotatable bonds is 6. The number of alkyl halides is 3. The first-order valence-corrected chi connectivity index (χ1v) is 9.56. The lowest BCUT2D eigenvalue weighted by Gasteiger charge is -2.12. The van der Waals surface area contributed by atoms with E-state index < -0.39 is 28.9 Å². The van der Waals surface area contributed by atoms with Gasteiger partial charge in [-0.25, -0.2) is 4.39 Å². The first-order valence-electron chi connectivity index (χ1n) is 9.56. The molecular weight excluding hydrogens is 428 g/mol. The number of amides is 1. The van der Waals surface area contributed by atoms with Crippen LogP contribution in [0.25, 0.3) is 11.3 Å². The molecule has 0 aliphatic heterocycles. The molecule has 10 heteroatoms. The van der Waals surface area contributed by atoms with E-state index in [1.807, 2.05) is 13.8 Å². The maximum atomic E-state index is 13.5. The number of halogens is 4. The molecule has 3 aromatic rings. The van der Waals surface area contributed by atoms with Crippen LogP contribution in [0.15, 0.2) is 48.7 Å². The summed E-state index contributed by atoms with van der Waals surface area (Å²) in [6.45, 7) is 4.40. The number of benzene rings is 1. The summed E-state index contributed by atoms with van der Waals surface area (Å²) in [5.74, 6) is -2.12. The smallest absolute Gasteiger partial charge is 0.350 e. The van der Waals surface area contributed by atoms with Crippen LogP contribution in [0.1, 0.15) is 46.0 Å². The molecule has 1 aromatic carbocycles. The Labute approximate surface area is 180 Å². The molecule has 0 saturated heterocycles. The number of carbonyl (C=O) groups is 2. The molecule has 2 heterocycles. The van der Waals surface area contributed by atoms with E-state index in [4.69, 9.17) is 0 Å². The Morgan fingerprint density at radius 2 is 1.72 bits per heavy atom. The highest BCUT2D eigenvalue weighted by Gasteiger charge is 2.35. The van der Waals surface area contributed by atoms with Crippen LogP contribution in [0.3, 0.4) is 0 Å². The Morgan fingerprint density at radius 1 is 1.00 bits per heavy atom. The van der Waals surface area contributed by atoms with Crippen LogP contribution in [-0.4, -0.2) is 33.4 Å². The second-order valence-electron chi connectivity index (χ2n) is 7.36. The molecule has 0 saturated carbocycles. The van der Waals surface area contributed by atoms with Gasteiger partial charge in [-0.1, -0.05) is 13.8 Å². The minimum Gasteiger partial charge on any atom is -0.350 e. The normalized spacial score (nSPS) is 11.5. The molecule has 0 aliphatic rings. The molecule has 0 unspecified atom stereocenters. The van der Waals surface area contributed by atoms with Gasteiger partial charge in [0.2, 0.25) is 5.78 Å². The van der Waals surface area contributed by atoms with Gasteiger partial charge in [0.05, 0.1) is 11.3 Å². The average Bonchev–Trinajstić information content (AvgIpc) is 2.76. The fraction of sp³-hybridized carbons (Fsp3) is 0.227. The van der Waals surface area contributed by atoms with Gasteiger partial charge in [0, 0.05) is 23.9 Å². The second-order valence-corrected chi connectivity index (χ2v) is 7.36. The van der Waals surface area contributed by atoms with E-state index in [0.717, 1.165) is 0 Å². The summed E-state index contributed by atoms with van der Waals surface area (Å²) in [4.78, 5) is 28.4. The van der Waals surface area contributed by atoms with Crippen molar-refractivity contribution in [3.63, 3.8) is 0 Å². The molecule has 2 aromatic heterocycles. The van der Waals surface area contributed by atoms with Crippen LogP contribution >= 0.6 is 0 Å². The van der Waals surface area contributed by atoms with Crippen LogP contribution < -0.4 is 5.32 Å². The summed E-state index contributed by atoms with van der Waals surface area (Å²) in [5, 5.41) is 10.5. The van der Waals surface area contributed by atoms with Gasteiger partial charge in [-0.15, -0.1) is 10.2 Å². The zero-order valence-electron chi connectivity index (χ0n) is 17.1. The number of aromatic nitrogens is 3. The molecule has 0 fully saturated rings. The largest absolute Gasteiger partial charge is 0.417 e. The first kappa shape index (κ1) is 23.0. The van der Waals surface area contributed by atoms with E-state index in [0.29, 0.717) is 36.0 Å². The fourth-order valence-corrected chi connectivity index (χ4v) is 2.76. The van der Waals surface area contributed by atoms with Crippen molar-refractivity contribution in [2.75, 3.05) is 6.54 Å². The number of carbonyl (C=O) groups excluding carboxylic acids is 2. The third-order valence-corrected chi connectivity index (χ3v) is 4.39. The molecule has 0 spiro atoms. The monoisotopic (exact) mass is 446 g/mol. The summed E-state index contributed by atoms with van der Waals surface area (Å²) >= 11 is 0. The Morgan fingerprint density at radius 3 is 2.28 bits per heavy atom. The molecule has 32 heavy (non-hydrogen) atoms. The van der Waals surface area contributed by atoms with Crippen LogP contribution in [0.2, 0.25) is 0 Å². The first-order chi connectivity index (χ1) is 15.1. The summed E-state index contributed by atoms with van der Waals surface area (Å²) in [6.07, 6.45) is -3.58. The van der Waals surface area contributed by atoms with E-state index in [-0.39, 0.29) is 23.2 Å². The molecule has 6 nitrogen and oxygen atoms in total. The van der Waals surface area contributed by atoms with Crippen molar-refractivity contribution in [3.05, 3.63) is 77.0 Å². The summed E-state index contributed by atoms with van der Waals surface area (Å²) < 4.78 is 53.0. The zero-order chi connectivity index (χ0) is 23.5. The van der Waals surface area contributed by atoms with E-state index in [1.165, 1.54) is 30.5 Å². The number of pyridine rings is 1. The predicted octanol–water partition coefficient (Wildman–Crippen LogP) is 4.31. The summed E-state index contributed by atoms with van der Waals surface area (Å²) in [6, 6.07) is 7.34. The molecule has 0 radical (unpaired) electrons. The van der Waals surface area contributed by atoms with Crippen molar-refractivity contribution >= 4 is 11.7 Å². The summed E-state index contributed by atoms with van der Waals surface area (Å²) in [7, 11) is 0. The quantitative estimate of drug-likeness (QED) is 0.451. The Hall–Kier alpha value is -3.69. The van der Waals surface area contributed by atoms with Gasteiger partial charge in [-0.3, -0.25) is 14.6 Å². The Bertz CT molecular complexity index is 1130. The van der Waals surface area contributed by atoms with Crippen LogP contribution in [0.5, 0.6) is 0 Å². The average molecular weight is 446 g/mol. The topological polar surface area (TPSA) is 84.8 Å². The standard InChI is InChI=1S/C22H18F4N4O2/c1-12(2)10-28-21(32)19-8-7-17(29-30-19)13-3-6-18(27-11-13)20(31)15-9-14(23)4-5-16(15)22(24,25)26/h3-9,11-12H,10H2,1-2H3,(H,28,32). The van der Waals surface area contributed by atoms with Crippen molar-refractivity contribution in [1.29, 1.82) is 0 Å². The Balaban J connectivity index is 1.81. The maximum absolute atomic E-state index is 13.5. The molecule has 1 N–H and O–H groups in total. The molecule has 3 rings (SSSR count). The highest BCUT2D eigenvalue weighted by Crippen LogP contribution is 2.33. The fourth-order valence-electron chi connectivity index (χ4n) is 2.76. The van der Waals surface area contributed by atoms with E-state index in [1.54, 1.807) is 0 Å². The van der Waals surface area contributed by atoms with E-state index in [9.17, 15) is 27.2 Å². The van der Waals surface area contributed by atoms with Gasteiger partial charge in [-0.05, 0) is 48.4 Å². The van der Waals surface area contributed by atoms with Gasteiger partial charge >= 0.3 is 6.18 Å². The summed E-state index contributed by atoms with van der Waals surface area (Å²) in [5.41, 5.74) is -1.46. The number of hydrogen-bond donors (Lipinski definition) is 1. The van der Waals surface area contributed by atoms with Crippen molar-refractivity contribution < 1.29 is 27.2 Å². The molecule has 166 valence electrons. The van der Waals surface area contributed by atoms with Crippen LogP contribution in [0.4, 0.5) is 17.6 Å². The number of ketones is 1. The molecule has 0 aliphatic carbocycles. The van der Waals surface area contributed by atoms with Crippen molar-refractivity contribution in [3.8, 4) is 11.3 Å². The highest BCUT2D eigenvalue weighted by molar-refractivity contribution is 6.08. The van der Waals surface area contributed by atoms with Gasteiger partial charge in [0.15, 0.2) is 5.69 Å². The minimum absolute atomic E-state index is 0.125. The number of hydrogen-bond acceptors (Lipinski definition) is 5. The lowest BCUT2D eigenvalue weighted by Crippen LogP contribution is -2.28. The predicted molar refractivity (Wildman–Crippen MR) is 107 cm³/mol. The third-order valence-electron chi connectivity index (χ3n) is 4.39. The van der Waals surface area contributed by atoms with Crippen LogP contribution in [0, 0.1) is 11.7 Å². The zero-order valence-corrected chi connectivity index (χ0v) is 17.1. The molecule has 0 bridgehead atoms. The van der Waals surface area contributed by atoms with Gasteiger partial charge in [0.1, 0.15) is 11.5 Å². The number of nitrogens with one attached hydrogen (secondary N) is 1. The van der Waals surface area contributed by atoms with E-state index in [2.05, 4.69) is 20.5 Å². The van der Waals surface area contributed by atoms with Gasteiger partial charge < -0.3 is 5.32 Å². The lowest BCUT2D eigenvalue weighted by atomic mass is 10.00. The van der Waals surface area contributed by atoms with Crippen molar-refractivity contribution in [2.45, 2.75) is 20.0 Å². The third kappa shape index (κ3) is 5.32. The highest BCUT2D eigenvalue weighted by atomic mass is 19.4. The second kappa shape index (κ2) is 9.21. The SMILES string of the molecule is CC(C)CNC(=O)c1ccc(-c2ccc(C(=O)c3cc(F)ccc3C(F)(F)F)nc2)nn1. The lowest BCUT2D eigenvalue weighted by molar-refractivity contribution is -0.137. The molecule has 1 amide bonds. The van der Waals surface area contributed by atoms with Crippen LogP contribution in [-0.2, 0) is 6.18 Å². The van der Waals surface area contributed by atoms with Crippen molar-refractivity contribution in [1.82, 2.24) is 20.5 Å². The number of nitrogens with zero attached hydrogens (tertiary/aromatic N) is 3. The molecule has 0 atom stereocenters.